The molecule has 0 heterocycles. The molecule has 12 heavy (non-hydrogen) atoms. The molecule has 0 N–H and O–H groups in total. The van der Waals surface area contributed by atoms with Crippen LogP contribution >= 0.6 is 0 Å². The first-order chi connectivity index (χ1) is 5.70. The van der Waals surface area contributed by atoms with Gasteiger partial charge in [-0.1, -0.05) is 6.92 Å². The molecular weight excluding hydrogens is 160 g/mol. The number of ketones is 1. The Labute approximate surface area is 71.8 Å². The highest BCUT2D eigenvalue weighted by Gasteiger charge is 2.02. The predicted molar refractivity (Wildman–Crippen MR) is 42.8 cm³/mol. The van der Waals surface area contributed by atoms with Crippen LogP contribution in [0.4, 0.5) is 0 Å². The van der Waals surface area contributed by atoms with Crippen LogP contribution in [-0.2, 0) is 19.1 Å². The summed E-state index contributed by atoms with van der Waals surface area (Å²) in [5.41, 5.74) is 0. The highest BCUT2D eigenvalue weighted by molar-refractivity contribution is 5.78. The van der Waals surface area contributed by atoms with Crippen molar-refractivity contribution in [2.45, 2.75) is 19.8 Å². The summed E-state index contributed by atoms with van der Waals surface area (Å²) in [7, 11) is 1.42. The fourth-order valence-corrected chi connectivity index (χ4v) is 0.615. The Morgan fingerprint density at radius 3 is 2.50 bits per heavy atom. The van der Waals surface area contributed by atoms with Crippen molar-refractivity contribution >= 4 is 11.8 Å². The summed E-state index contributed by atoms with van der Waals surface area (Å²) in [6, 6.07) is 0. The monoisotopic (exact) mass is 174 g/mol. The van der Waals surface area contributed by atoms with E-state index in [0.717, 1.165) is 0 Å². The van der Waals surface area contributed by atoms with Crippen LogP contribution in [0.5, 0.6) is 0 Å². The van der Waals surface area contributed by atoms with E-state index in [4.69, 9.17) is 0 Å². The Hall–Kier alpha value is -0.900. The van der Waals surface area contributed by atoms with Crippen LogP contribution < -0.4 is 0 Å². The molecule has 4 heteroatoms. The van der Waals surface area contributed by atoms with Crippen LogP contribution in [0.3, 0.4) is 0 Å². The number of methoxy groups -OCH3 is 1. The van der Waals surface area contributed by atoms with E-state index in [-0.39, 0.29) is 19.0 Å². The van der Waals surface area contributed by atoms with Crippen molar-refractivity contribution in [2.75, 3.05) is 20.3 Å². The normalized spacial score (nSPS) is 9.50. The third-order valence-corrected chi connectivity index (χ3v) is 1.30. The lowest BCUT2D eigenvalue weighted by Gasteiger charge is -2.01. The maximum atomic E-state index is 10.7. The van der Waals surface area contributed by atoms with E-state index in [1.165, 1.54) is 7.11 Å². The molecular formula is C8H14O4. The molecule has 0 aliphatic carbocycles. The highest BCUT2D eigenvalue weighted by Crippen LogP contribution is 1.90. The van der Waals surface area contributed by atoms with Gasteiger partial charge in [0.15, 0.2) is 0 Å². The Morgan fingerprint density at radius 1 is 1.33 bits per heavy atom. The van der Waals surface area contributed by atoms with Gasteiger partial charge in [0.05, 0.1) is 6.61 Å². The van der Waals surface area contributed by atoms with Crippen LogP contribution in [0.1, 0.15) is 19.8 Å². The molecule has 0 spiro atoms. The van der Waals surface area contributed by atoms with Gasteiger partial charge in [0, 0.05) is 20.0 Å². The summed E-state index contributed by atoms with van der Waals surface area (Å²) in [4.78, 5) is 21.4. The van der Waals surface area contributed by atoms with E-state index in [1.807, 2.05) is 0 Å². The zero-order valence-electron chi connectivity index (χ0n) is 7.46. The number of Topliss-reactive ketones (excluding diaryl/α,β-unsaturated/α-hetero) is 1. The summed E-state index contributed by atoms with van der Waals surface area (Å²) in [5, 5.41) is 0. The van der Waals surface area contributed by atoms with Crippen LogP contribution in [0.25, 0.3) is 0 Å². The molecule has 4 nitrogen and oxygen atoms in total. The van der Waals surface area contributed by atoms with Crippen LogP contribution in [0.15, 0.2) is 0 Å². The predicted octanol–water partition coefficient (Wildman–Crippen LogP) is 0.545. The standard InChI is InChI=1S/C8H14O4/c1-3-7(9)4-5-12-8(10)6-11-2/h3-6H2,1-2H3. The molecule has 0 fully saturated rings. The maximum Gasteiger partial charge on any atom is 0.332 e. The number of esters is 1. The summed E-state index contributed by atoms with van der Waals surface area (Å²) in [5.74, 6) is -0.332. The molecule has 70 valence electrons. The molecule has 0 aliphatic heterocycles. The zero-order chi connectivity index (χ0) is 9.40. The van der Waals surface area contributed by atoms with E-state index in [9.17, 15) is 9.59 Å². The second-order valence-electron chi connectivity index (χ2n) is 2.30. The minimum Gasteiger partial charge on any atom is -0.464 e. The van der Waals surface area contributed by atoms with Crippen molar-refractivity contribution in [3.05, 3.63) is 0 Å². The number of carbonyl (C=O) groups is 2. The molecule has 0 amide bonds. The lowest BCUT2D eigenvalue weighted by Crippen LogP contribution is -2.13. The van der Waals surface area contributed by atoms with Gasteiger partial charge < -0.3 is 9.47 Å². The van der Waals surface area contributed by atoms with Gasteiger partial charge in [-0.3, -0.25) is 4.79 Å². The van der Waals surface area contributed by atoms with Gasteiger partial charge in [0.1, 0.15) is 12.4 Å². The van der Waals surface area contributed by atoms with Crippen molar-refractivity contribution in [1.29, 1.82) is 0 Å². The summed E-state index contributed by atoms with van der Waals surface area (Å²) in [6.07, 6.45) is 0.785. The zero-order valence-corrected chi connectivity index (χ0v) is 7.46. The van der Waals surface area contributed by atoms with Gasteiger partial charge >= 0.3 is 5.97 Å². The van der Waals surface area contributed by atoms with Gasteiger partial charge in [-0.25, -0.2) is 4.79 Å². The quantitative estimate of drug-likeness (QED) is 0.552. The van der Waals surface area contributed by atoms with Crippen molar-refractivity contribution in [3.8, 4) is 0 Å². The largest absolute Gasteiger partial charge is 0.464 e. The highest BCUT2D eigenvalue weighted by atomic mass is 16.6. The van der Waals surface area contributed by atoms with E-state index < -0.39 is 5.97 Å². The molecule has 0 aromatic rings. The third-order valence-electron chi connectivity index (χ3n) is 1.30. The Morgan fingerprint density at radius 2 is 2.00 bits per heavy atom. The van der Waals surface area contributed by atoms with E-state index in [2.05, 4.69) is 9.47 Å². The van der Waals surface area contributed by atoms with Crippen LogP contribution in [-0.4, -0.2) is 32.1 Å². The van der Waals surface area contributed by atoms with Crippen molar-refractivity contribution < 1.29 is 19.1 Å². The molecule has 0 radical (unpaired) electrons. The van der Waals surface area contributed by atoms with Gasteiger partial charge in [0.25, 0.3) is 0 Å². The minimum atomic E-state index is -0.429. The Kier molecular flexibility index (Phi) is 6.28. The minimum absolute atomic E-state index is 0.0552. The van der Waals surface area contributed by atoms with Crippen LogP contribution in [0, 0.1) is 0 Å². The number of carbonyl (C=O) groups excluding carboxylic acids is 2. The molecule has 0 atom stereocenters. The van der Waals surface area contributed by atoms with Crippen molar-refractivity contribution in [2.24, 2.45) is 0 Å². The topological polar surface area (TPSA) is 52.6 Å². The van der Waals surface area contributed by atoms with E-state index in [1.54, 1.807) is 6.92 Å². The maximum absolute atomic E-state index is 10.7. The van der Waals surface area contributed by atoms with E-state index in [0.29, 0.717) is 12.8 Å². The fraction of sp³-hybridized carbons (Fsp3) is 0.750. The first-order valence-electron chi connectivity index (χ1n) is 3.87. The lowest BCUT2D eigenvalue weighted by molar-refractivity contribution is -0.148. The average molecular weight is 174 g/mol. The van der Waals surface area contributed by atoms with E-state index >= 15 is 0 Å². The van der Waals surface area contributed by atoms with Gasteiger partial charge in [-0.2, -0.15) is 0 Å². The number of hydrogen-bond donors (Lipinski definition) is 0. The first-order valence-corrected chi connectivity index (χ1v) is 3.87. The molecule has 0 saturated carbocycles. The van der Waals surface area contributed by atoms with Crippen molar-refractivity contribution in [1.82, 2.24) is 0 Å². The molecule has 0 unspecified atom stereocenters. The Bertz CT molecular complexity index is 153. The molecule has 0 saturated heterocycles. The van der Waals surface area contributed by atoms with Crippen molar-refractivity contribution in [3.63, 3.8) is 0 Å². The van der Waals surface area contributed by atoms with Gasteiger partial charge in [-0.15, -0.1) is 0 Å². The summed E-state index contributed by atoms with van der Waals surface area (Å²) >= 11 is 0. The molecule has 0 rings (SSSR count). The lowest BCUT2D eigenvalue weighted by atomic mass is 10.2. The second-order valence-corrected chi connectivity index (χ2v) is 2.30. The smallest absolute Gasteiger partial charge is 0.332 e. The number of rotatable bonds is 6. The number of hydrogen-bond acceptors (Lipinski definition) is 4. The van der Waals surface area contributed by atoms with Gasteiger partial charge in [-0.05, 0) is 0 Å². The third kappa shape index (κ3) is 5.85. The summed E-state index contributed by atoms with van der Waals surface area (Å²) < 4.78 is 9.20. The Balaban J connectivity index is 3.30. The molecule has 0 aliphatic rings. The summed E-state index contributed by atoms with van der Waals surface area (Å²) in [6.45, 7) is 1.88. The number of ether oxygens (including phenoxy) is 2. The second kappa shape index (κ2) is 6.79. The molecule has 0 bridgehead atoms. The van der Waals surface area contributed by atoms with Crippen LogP contribution in [0.2, 0.25) is 0 Å². The molecule has 0 aromatic heterocycles. The first kappa shape index (κ1) is 11.1. The fourth-order valence-electron chi connectivity index (χ4n) is 0.615. The molecule has 0 aromatic carbocycles. The SMILES string of the molecule is CCC(=O)CCOC(=O)COC. The van der Waals surface area contributed by atoms with Gasteiger partial charge in [0.2, 0.25) is 0 Å². The average Bonchev–Trinajstić information content (AvgIpc) is 2.04.